The quantitative estimate of drug-likeness (QED) is 0.423. The molecule has 0 saturated carbocycles. The van der Waals surface area contributed by atoms with Gasteiger partial charge < -0.3 is 10.1 Å². The first-order valence-electron chi connectivity index (χ1n) is 8.50. The van der Waals surface area contributed by atoms with E-state index in [1.807, 2.05) is 6.07 Å². The summed E-state index contributed by atoms with van der Waals surface area (Å²) in [6, 6.07) is 15.2. The Balaban J connectivity index is 1.53. The molecule has 0 saturated heterocycles. The lowest BCUT2D eigenvalue weighted by Crippen LogP contribution is -2.36. The lowest BCUT2D eigenvalue weighted by atomic mass is 10.1. The monoisotopic (exact) mass is 409 g/mol. The third-order valence-corrected chi connectivity index (χ3v) is 4.92. The van der Waals surface area contributed by atoms with Crippen LogP contribution in [-0.2, 0) is 14.3 Å². The van der Waals surface area contributed by atoms with Gasteiger partial charge in [0.05, 0.1) is 28.6 Å². The van der Waals surface area contributed by atoms with Gasteiger partial charge in [-0.3, -0.25) is 24.1 Å². The molecule has 29 heavy (non-hydrogen) atoms. The fourth-order valence-electron chi connectivity index (χ4n) is 2.70. The molecular formula is C20H15N3O5S. The Morgan fingerprint density at radius 3 is 2.31 bits per heavy atom. The van der Waals surface area contributed by atoms with E-state index in [2.05, 4.69) is 5.32 Å². The van der Waals surface area contributed by atoms with Gasteiger partial charge in [0.1, 0.15) is 6.54 Å². The summed E-state index contributed by atoms with van der Waals surface area (Å²) in [6.07, 6.45) is 0. The number of nitrogens with one attached hydrogen (secondary N) is 1. The van der Waals surface area contributed by atoms with Crippen LogP contribution in [0, 0.1) is 11.3 Å². The summed E-state index contributed by atoms with van der Waals surface area (Å²) in [6.45, 7) is -1.15. The van der Waals surface area contributed by atoms with Gasteiger partial charge in [0.15, 0.2) is 6.61 Å². The zero-order valence-corrected chi connectivity index (χ0v) is 15.9. The van der Waals surface area contributed by atoms with Crippen LogP contribution in [0.5, 0.6) is 0 Å². The van der Waals surface area contributed by atoms with Crippen molar-refractivity contribution in [2.45, 2.75) is 4.90 Å². The van der Waals surface area contributed by atoms with Gasteiger partial charge in [-0.15, -0.1) is 11.8 Å². The minimum atomic E-state index is -0.873. The average Bonchev–Trinajstić information content (AvgIpc) is 2.97. The van der Waals surface area contributed by atoms with Crippen LogP contribution in [0.1, 0.15) is 20.7 Å². The summed E-state index contributed by atoms with van der Waals surface area (Å²) in [5, 5.41) is 11.3. The first-order chi connectivity index (χ1) is 14.0. The van der Waals surface area contributed by atoms with Gasteiger partial charge >= 0.3 is 5.97 Å². The van der Waals surface area contributed by atoms with Crippen LogP contribution in [0.2, 0.25) is 0 Å². The molecule has 1 N–H and O–H groups in total. The van der Waals surface area contributed by atoms with Gasteiger partial charge in [-0.1, -0.05) is 24.3 Å². The van der Waals surface area contributed by atoms with Gasteiger partial charge in [-0.05, 0) is 24.3 Å². The highest BCUT2D eigenvalue weighted by molar-refractivity contribution is 7.99. The molecule has 3 rings (SSSR count). The number of carbonyl (C=O) groups is 4. The Bertz CT molecular complexity index is 996. The number of nitriles is 1. The normalized spacial score (nSPS) is 12.3. The number of ether oxygens (including phenoxy) is 1. The fraction of sp³-hybridized carbons (Fsp3) is 0.150. The molecule has 0 fully saturated rings. The lowest BCUT2D eigenvalue weighted by Gasteiger charge is -2.13. The van der Waals surface area contributed by atoms with Crippen molar-refractivity contribution < 1.29 is 23.9 Å². The SMILES string of the molecule is N#CCSc1ccccc1NC(=O)COC(=O)CN1C(=O)c2ccccc2C1=O. The molecule has 0 aromatic heterocycles. The topological polar surface area (TPSA) is 117 Å². The molecule has 1 aliphatic heterocycles. The summed E-state index contributed by atoms with van der Waals surface area (Å²) in [4.78, 5) is 50.1. The third-order valence-electron chi connectivity index (χ3n) is 3.98. The molecule has 1 heterocycles. The molecular weight excluding hydrogens is 394 g/mol. The Hall–Kier alpha value is -3.64. The average molecular weight is 409 g/mol. The van der Waals surface area contributed by atoms with Crippen LogP contribution in [0.15, 0.2) is 53.4 Å². The smallest absolute Gasteiger partial charge is 0.326 e. The van der Waals surface area contributed by atoms with Crippen LogP contribution < -0.4 is 5.32 Å². The van der Waals surface area contributed by atoms with E-state index in [0.717, 1.165) is 4.90 Å². The maximum atomic E-state index is 12.2. The van der Waals surface area contributed by atoms with Crippen molar-refractivity contribution in [3.05, 3.63) is 59.7 Å². The molecule has 1 aliphatic rings. The minimum absolute atomic E-state index is 0.224. The second kappa shape index (κ2) is 9.03. The molecule has 0 spiro atoms. The van der Waals surface area contributed by atoms with E-state index in [1.165, 1.54) is 23.9 Å². The highest BCUT2D eigenvalue weighted by Crippen LogP contribution is 2.26. The van der Waals surface area contributed by atoms with E-state index in [-0.39, 0.29) is 16.9 Å². The largest absolute Gasteiger partial charge is 0.454 e. The number of anilines is 1. The molecule has 3 amide bonds. The van der Waals surface area contributed by atoms with Crippen molar-refractivity contribution in [2.75, 3.05) is 24.2 Å². The number of hydrogen-bond donors (Lipinski definition) is 1. The van der Waals surface area contributed by atoms with Crippen molar-refractivity contribution in [3.63, 3.8) is 0 Å². The number of rotatable bonds is 7. The Morgan fingerprint density at radius 2 is 1.66 bits per heavy atom. The molecule has 2 aromatic rings. The summed E-state index contributed by atoms with van der Waals surface area (Å²) in [5.74, 6) is -2.37. The number of para-hydroxylation sites is 1. The maximum absolute atomic E-state index is 12.2. The predicted molar refractivity (Wildman–Crippen MR) is 104 cm³/mol. The van der Waals surface area contributed by atoms with Crippen LogP contribution >= 0.6 is 11.8 Å². The van der Waals surface area contributed by atoms with Crippen molar-refractivity contribution in [1.82, 2.24) is 4.90 Å². The van der Waals surface area contributed by atoms with Gasteiger partial charge in [-0.2, -0.15) is 5.26 Å². The van der Waals surface area contributed by atoms with Crippen LogP contribution in [0.3, 0.4) is 0 Å². The zero-order chi connectivity index (χ0) is 20.8. The van der Waals surface area contributed by atoms with E-state index in [9.17, 15) is 19.2 Å². The Morgan fingerprint density at radius 1 is 1.03 bits per heavy atom. The number of nitrogens with zero attached hydrogens (tertiary/aromatic N) is 2. The van der Waals surface area contributed by atoms with E-state index < -0.39 is 36.8 Å². The van der Waals surface area contributed by atoms with Gasteiger partial charge in [0.25, 0.3) is 17.7 Å². The van der Waals surface area contributed by atoms with Crippen molar-refractivity contribution in [2.24, 2.45) is 0 Å². The molecule has 8 nitrogen and oxygen atoms in total. The van der Waals surface area contributed by atoms with Crippen molar-refractivity contribution in [3.8, 4) is 6.07 Å². The highest BCUT2D eigenvalue weighted by Gasteiger charge is 2.36. The predicted octanol–water partition coefficient (Wildman–Crippen LogP) is 2.08. The number of imide groups is 1. The molecule has 0 aliphatic carbocycles. The second-order valence-corrected chi connectivity index (χ2v) is 6.91. The molecule has 146 valence electrons. The number of fused-ring (bicyclic) bond motifs is 1. The van der Waals surface area contributed by atoms with Crippen molar-refractivity contribution in [1.29, 1.82) is 5.26 Å². The summed E-state index contributed by atoms with van der Waals surface area (Å²) >= 11 is 1.26. The molecule has 0 unspecified atom stereocenters. The molecule has 0 radical (unpaired) electrons. The zero-order valence-electron chi connectivity index (χ0n) is 15.1. The third kappa shape index (κ3) is 4.62. The van der Waals surface area contributed by atoms with Gasteiger partial charge in [0, 0.05) is 4.90 Å². The maximum Gasteiger partial charge on any atom is 0.326 e. The summed E-state index contributed by atoms with van der Waals surface area (Å²) < 4.78 is 4.90. The van der Waals surface area contributed by atoms with Gasteiger partial charge in [-0.25, -0.2) is 0 Å². The van der Waals surface area contributed by atoms with E-state index in [1.54, 1.807) is 36.4 Å². The lowest BCUT2D eigenvalue weighted by molar-refractivity contribution is -0.147. The number of carbonyl (C=O) groups excluding carboxylic acids is 4. The number of esters is 1. The van der Waals surface area contributed by atoms with E-state index in [0.29, 0.717) is 10.6 Å². The van der Waals surface area contributed by atoms with Crippen LogP contribution in [0.4, 0.5) is 5.69 Å². The Kier molecular flexibility index (Phi) is 6.26. The first kappa shape index (κ1) is 20.1. The highest BCUT2D eigenvalue weighted by atomic mass is 32.2. The second-order valence-electron chi connectivity index (χ2n) is 5.89. The van der Waals surface area contributed by atoms with Gasteiger partial charge in [0.2, 0.25) is 0 Å². The first-order valence-corrected chi connectivity index (χ1v) is 9.49. The van der Waals surface area contributed by atoms with E-state index >= 15 is 0 Å². The Labute approximate surface area is 170 Å². The van der Waals surface area contributed by atoms with Crippen molar-refractivity contribution >= 4 is 41.1 Å². The number of benzene rings is 2. The molecule has 0 bridgehead atoms. The fourth-order valence-corrected chi connectivity index (χ4v) is 3.37. The number of thioether (sulfide) groups is 1. The summed E-state index contributed by atoms with van der Waals surface area (Å²) in [5.41, 5.74) is 0.957. The minimum Gasteiger partial charge on any atom is -0.454 e. The van der Waals surface area contributed by atoms with Crippen LogP contribution in [0.25, 0.3) is 0 Å². The summed E-state index contributed by atoms with van der Waals surface area (Å²) in [7, 11) is 0. The molecule has 9 heteroatoms. The van der Waals surface area contributed by atoms with E-state index in [4.69, 9.17) is 10.00 Å². The molecule has 0 atom stereocenters. The van der Waals surface area contributed by atoms with Crippen LogP contribution in [-0.4, -0.2) is 47.5 Å². The molecule has 2 aromatic carbocycles. The standard InChI is InChI=1S/C20H15N3O5S/c21-9-10-29-16-8-4-3-7-15(16)22-17(24)12-28-18(25)11-23-19(26)13-5-1-2-6-14(13)20(23)27/h1-8H,10-12H2,(H,22,24). The number of amides is 3. The number of hydrogen-bond acceptors (Lipinski definition) is 7.